The third-order valence-electron chi connectivity index (χ3n) is 2.45. The standard InChI is InChI=1S/C12H17NO/c1-8-4-9(2)12(10(3)5-8)6-11(13)7-14/h4-5,7,11H,6,13H2,1-3H3/t11-/m0/s1. The summed E-state index contributed by atoms with van der Waals surface area (Å²) in [4.78, 5) is 10.5. The predicted octanol–water partition coefficient (Wildman–Crippen LogP) is 1.68. The highest BCUT2D eigenvalue weighted by atomic mass is 16.1. The van der Waals surface area contributed by atoms with E-state index in [0.717, 1.165) is 6.29 Å². The van der Waals surface area contributed by atoms with Crippen LogP contribution in [0.4, 0.5) is 0 Å². The van der Waals surface area contributed by atoms with Crippen molar-refractivity contribution in [2.45, 2.75) is 33.2 Å². The molecule has 14 heavy (non-hydrogen) atoms. The number of rotatable bonds is 3. The second-order valence-electron chi connectivity index (χ2n) is 3.88. The van der Waals surface area contributed by atoms with Gasteiger partial charge < -0.3 is 10.5 Å². The van der Waals surface area contributed by atoms with Gasteiger partial charge in [0.25, 0.3) is 0 Å². The summed E-state index contributed by atoms with van der Waals surface area (Å²) in [5, 5.41) is 0. The summed E-state index contributed by atoms with van der Waals surface area (Å²) in [6.07, 6.45) is 1.44. The molecular weight excluding hydrogens is 174 g/mol. The summed E-state index contributed by atoms with van der Waals surface area (Å²) in [6, 6.07) is 3.87. The van der Waals surface area contributed by atoms with E-state index in [1.54, 1.807) is 0 Å². The van der Waals surface area contributed by atoms with Gasteiger partial charge in [-0.25, -0.2) is 0 Å². The van der Waals surface area contributed by atoms with Gasteiger partial charge in [-0.15, -0.1) is 0 Å². The van der Waals surface area contributed by atoms with Gasteiger partial charge in [0, 0.05) is 0 Å². The largest absolute Gasteiger partial charge is 0.321 e. The van der Waals surface area contributed by atoms with E-state index in [-0.39, 0.29) is 6.04 Å². The second-order valence-corrected chi connectivity index (χ2v) is 3.88. The smallest absolute Gasteiger partial charge is 0.137 e. The molecular formula is C12H17NO. The van der Waals surface area contributed by atoms with E-state index in [1.807, 2.05) is 0 Å². The number of nitrogens with two attached hydrogens (primary N) is 1. The van der Waals surface area contributed by atoms with E-state index in [1.165, 1.54) is 22.3 Å². The summed E-state index contributed by atoms with van der Waals surface area (Å²) >= 11 is 0. The SMILES string of the molecule is Cc1cc(C)c(C[C@H](N)C=O)c(C)c1. The first-order valence-electron chi connectivity index (χ1n) is 4.82. The quantitative estimate of drug-likeness (QED) is 0.739. The van der Waals surface area contributed by atoms with E-state index >= 15 is 0 Å². The van der Waals surface area contributed by atoms with E-state index < -0.39 is 0 Å². The molecule has 1 rings (SSSR count). The third kappa shape index (κ3) is 2.42. The lowest BCUT2D eigenvalue weighted by atomic mass is 9.95. The van der Waals surface area contributed by atoms with Crippen molar-refractivity contribution in [3.05, 3.63) is 34.4 Å². The van der Waals surface area contributed by atoms with Crippen LogP contribution in [0, 0.1) is 20.8 Å². The van der Waals surface area contributed by atoms with Gasteiger partial charge in [0.15, 0.2) is 0 Å². The Bertz CT molecular complexity index is 321. The molecule has 0 aliphatic heterocycles. The molecule has 0 spiro atoms. The molecule has 1 aromatic rings. The summed E-state index contributed by atoms with van der Waals surface area (Å²) in [5.74, 6) is 0. The molecule has 0 aromatic heterocycles. The number of benzene rings is 1. The number of carbonyl (C=O) groups excluding carboxylic acids is 1. The first-order valence-corrected chi connectivity index (χ1v) is 4.82. The molecule has 1 aromatic carbocycles. The van der Waals surface area contributed by atoms with Crippen LogP contribution >= 0.6 is 0 Å². The molecule has 2 N–H and O–H groups in total. The van der Waals surface area contributed by atoms with Crippen LogP contribution in [0.1, 0.15) is 22.3 Å². The van der Waals surface area contributed by atoms with Gasteiger partial charge in [0.2, 0.25) is 0 Å². The number of hydrogen-bond acceptors (Lipinski definition) is 2. The maximum absolute atomic E-state index is 10.5. The fourth-order valence-corrected chi connectivity index (χ4v) is 1.82. The van der Waals surface area contributed by atoms with Gasteiger partial charge in [-0.2, -0.15) is 0 Å². The van der Waals surface area contributed by atoms with Crippen LogP contribution in [0.3, 0.4) is 0 Å². The number of hydrogen-bond donors (Lipinski definition) is 1. The van der Waals surface area contributed by atoms with E-state index in [4.69, 9.17) is 5.73 Å². The van der Waals surface area contributed by atoms with Gasteiger partial charge in [-0.3, -0.25) is 0 Å². The lowest BCUT2D eigenvalue weighted by molar-refractivity contribution is -0.108. The molecule has 0 saturated heterocycles. The van der Waals surface area contributed by atoms with E-state index in [2.05, 4.69) is 32.9 Å². The van der Waals surface area contributed by atoms with Gasteiger partial charge in [0.1, 0.15) is 6.29 Å². The first kappa shape index (κ1) is 10.9. The second kappa shape index (κ2) is 4.38. The molecule has 0 unspecified atom stereocenters. The first-order chi connectivity index (χ1) is 6.54. The predicted molar refractivity (Wildman–Crippen MR) is 58.4 cm³/mol. The van der Waals surface area contributed by atoms with Gasteiger partial charge in [-0.05, 0) is 43.9 Å². The van der Waals surface area contributed by atoms with Crippen LogP contribution in [-0.2, 0) is 11.2 Å². The summed E-state index contributed by atoms with van der Waals surface area (Å²) in [7, 11) is 0. The Labute approximate surface area is 85.1 Å². The minimum Gasteiger partial charge on any atom is -0.321 e. The van der Waals surface area contributed by atoms with Crippen molar-refractivity contribution < 1.29 is 4.79 Å². The molecule has 0 bridgehead atoms. The fraction of sp³-hybridized carbons (Fsp3) is 0.417. The zero-order chi connectivity index (χ0) is 10.7. The van der Waals surface area contributed by atoms with Crippen molar-refractivity contribution in [3.63, 3.8) is 0 Å². The molecule has 0 amide bonds. The Morgan fingerprint density at radius 1 is 1.29 bits per heavy atom. The molecule has 0 saturated carbocycles. The Balaban J connectivity index is 3.02. The minimum absolute atomic E-state index is 0.380. The van der Waals surface area contributed by atoms with Gasteiger partial charge in [-0.1, -0.05) is 17.7 Å². The van der Waals surface area contributed by atoms with E-state index in [0.29, 0.717) is 6.42 Å². The molecule has 0 radical (unpaired) electrons. The van der Waals surface area contributed by atoms with Crippen LogP contribution in [0.25, 0.3) is 0 Å². The molecule has 0 fully saturated rings. The topological polar surface area (TPSA) is 43.1 Å². The Hall–Kier alpha value is -1.15. The molecule has 0 heterocycles. The molecule has 0 aliphatic rings. The maximum atomic E-state index is 10.5. The number of aldehydes is 1. The minimum atomic E-state index is -0.380. The monoisotopic (exact) mass is 191 g/mol. The number of aryl methyl sites for hydroxylation is 3. The lowest BCUT2D eigenvalue weighted by Crippen LogP contribution is -2.25. The lowest BCUT2D eigenvalue weighted by Gasteiger charge is -2.12. The molecule has 76 valence electrons. The summed E-state index contributed by atoms with van der Waals surface area (Å²) in [5.41, 5.74) is 10.5. The van der Waals surface area contributed by atoms with Crippen molar-refractivity contribution in [1.82, 2.24) is 0 Å². The fourth-order valence-electron chi connectivity index (χ4n) is 1.82. The highest BCUT2D eigenvalue weighted by Gasteiger charge is 2.08. The Kier molecular flexibility index (Phi) is 3.42. The molecule has 2 heteroatoms. The zero-order valence-corrected chi connectivity index (χ0v) is 9.00. The summed E-state index contributed by atoms with van der Waals surface area (Å²) in [6.45, 7) is 6.20. The third-order valence-corrected chi connectivity index (χ3v) is 2.45. The van der Waals surface area contributed by atoms with Gasteiger partial charge in [0.05, 0.1) is 6.04 Å². The highest BCUT2D eigenvalue weighted by Crippen LogP contribution is 2.17. The average molecular weight is 191 g/mol. The van der Waals surface area contributed by atoms with Crippen LogP contribution in [0.2, 0.25) is 0 Å². The zero-order valence-electron chi connectivity index (χ0n) is 9.00. The van der Waals surface area contributed by atoms with Gasteiger partial charge >= 0.3 is 0 Å². The van der Waals surface area contributed by atoms with Crippen LogP contribution in [-0.4, -0.2) is 12.3 Å². The summed E-state index contributed by atoms with van der Waals surface area (Å²) < 4.78 is 0. The average Bonchev–Trinajstić information content (AvgIpc) is 2.10. The highest BCUT2D eigenvalue weighted by molar-refractivity contribution is 5.58. The van der Waals surface area contributed by atoms with Crippen LogP contribution in [0.15, 0.2) is 12.1 Å². The normalized spacial score (nSPS) is 12.6. The number of carbonyl (C=O) groups is 1. The van der Waals surface area contributed by atoms with Crippen molar-refractivity contribution in [3.8, 4) is 0 Å². The van der Waals surface area contributed by atoms with Crippen LogP contribution < -0.4 is 5.73 Å². The maximum Gasteiger partial charge on any atom is 0.137 e. The Morgan fingerprint density at radius 3 is 2.21 bits per heavy atom. The van der Waals surface area contributed by atoms with Crippen molar-refractivity contribution in [2.24, 2.45) is 5.73 Å². The van der Waals surface area contributed by atoms with Crippen molar-refractivity contribution in [1.29, 1.82) is 0 Å². The van der Waals surface area contributed by atoms with Crippen molar-refractivity contribution in [2.75, 3.05) is 0 Å². The van der Waals surface area contributed by atoms with Crippen molar-refractivity contribution >= 4 is 6.29 Å². The van der Waals surface area contributed by atoms with E-state index in [9.17, 15) is 4.79 Å². The Morgan fingerprint density at radius 2 is 1.79 bits per heavy atom. The molecule has 0 aliphatic carbocycles. The van der Waals surface area contributed by atoms with Crippen LogP contribution in [0.5, 0.6) is 0 Å². The molecule has 1 atom stereocenters. The molecule has 2 nitrogen and oxygen atoms in total.